The molecule has 4 aromatic rings. The summed E-state index contributed by atoms with van der Waals surface area (Å²) in [6.07, 6.45) is -3.03. The zero-order chi connectivity index (χ0) is 27.6. The quantitative estimate of drug-likeness (QED) is 0.259. The minimum Gasteiger partial charge on any atom is -0.441 e. The molecule has 0 bridgehead atoms. The number of nitrogens with one attached hydrogen (secondary N) is 2. The molecule has 2 amide bonds. The third-order valence-corrected chi connectivity index (χ3v) is 5.98. The van der Waals surface area contributed by atoms with E-state index in [1.165, 1.54) is 49.2 Å². The van der Waals surface area contributed by atoms with Crippen molar-refractivity contribution in [2.24, 2.45) is 7.05 Å². The summed E-state index contributed by atoms with van der Waals surface area (Å²) in [7, 11) is 1.51. The van der Waals surface area contributed by atoms with Gasteiger partial charge in [0.2, 0.25) is 5.95 Å². The molecule has 0 fully saturated rings. The molecule has 11 nitrogen and oxygen atoms in total. The fraction of sp³-hybridized carbons (Fsp3) is 0.227. The number of ether oxygens (including phenoxy) is 1. The Morgan fingerprint density at radius 2 is 1.87 bits per heavy atom. The summed E-state index contributed by atoms with van der Waals surface area (Å²) in [4.78, 5) is 35.9. The van der Waals surface area contributed by atoms with E-state index in [1.54, 1.807) is 6.92 Å². The van der Waals surface area contributed by atoms with Gasteiger partial charge in [-0.3, -0.25) is 15.1 Å². The normalized spacial score (nSPS) is 12.2. The van der Waals surface area contributed by atoms with E-state index in [2.05, 4.69) is 35.9 Å². The Bertz CT molecular complexity index is 1490. The first-order chi connectivity index (χ1) is 17.9. The van der Waals surface area contributed by atoms with Crippen LogP contribution in [0.25, 0.3) is 11.4 Å². The van der Waals surface area contributed by atoms with Crippen LogP contribution in [-0.2, 0) is 18.0 Å². The Labute approximate surface area is 215 Å². The molecular weight excluding hydrogens is 532 g/mol. The summed E-state index contributed by atoms with van der Waals surface area (Å²) in [5, 5.41) is 11.5. The maximum absolute atomic E-state index is 14.0. The van der Waals surface area contributed by atoms with Gasteiger partial charge in [0.15, 0.2) is 16.5 Å². The van der Waals surface area contributed by atoms with Gasteiger partial charge in [0, 0.05) is 25.0 Å². The van der Waals surface area contributed by atoms with Gasteiger partial charge in [0.1, 0.15) is 11.1 Å². The van der Waals surface area contributed by atoms with Gasteiger partial charge in [0.25, 0.3) is 5.91 Å². The van der Waals surface area contributed by atoms with Crippen LogP contribution in [0.5, 0.6) is 0 Å². The van der Waals surface area contributed by atoms with Crippen LogP contribution in [0.3, 0.4) is 0 Å². The van der Waals surface area contributed by atoms with Crippen LogP contribution in [0.15, 0.2) is 36.8 Å². The summed E-state index contributed by atoms with van der Waals surface area (Å²) in [6, 6.07) is 4.30. The molecule has 0 saturated heterocycles. The molecule has 2 N–H and O–H groups in total. The second-order valence-electron chi connectivity index (χ2n) is 7.89. The average Bonchev–Trinajstić information content (AvgIpc) is 3.47. The highest BCUT2D eigenvalue weighted by Gasteiger charge is 2.34. The van der Waals surface area contributed by atoms with Gasteiger partial charge >= 0.3 is 12.3 Å². The maximum Gasteiger partial charge on any atom is 0.443 e. The van der Waals surface area contributed by atoms with E-state index in [9.17, 15) is 27.2 Å². The average molecular weight is 550 g/mol. The van der Waals surface area contributed by atoms with E-state index >= 15 is 0 Å². The lowest BCUT2D eigenvalue weighted by atomic mass is 10.1. The second kappa shape index (κ2) is 10.5. The molecule has 4 aromatic heterocycles. The van der Waals surface area contributed by atoms with E-state index in [-0.39, 0.29) is 33.3 Å². The number of nitrogens with zero attached hydrogens (tertiary/aromatic N) is 6. The molecule has 16 heteroatoms. The smallest absolute Gasteiger partial charge is 0.441 e. The lowest BCUT2D eigenvalue weighted by molar-refractivity contribution is -0.137. The van der Waals surface area contributed by atoms with Crippen molar-refractivity contribution in [3.05, 3.63) is 64.4 Å². The van der Waals surface area contributed by atoms with Crippen LogP contribution in [0.1, 0.15) is 39.5 Å². The van der Waals surface area contributed by atoms with Gasteiger partial charge in [-0.05, 0) is 37.6 Å². The van der Waals surface area contributed by atoms with Gasteiger partial charge in [-0.1, -0.05) is 16.6 Å². The number of pyridine rings is 2. The molecule has 0 unspecified atom stereocenters. The number of hydrogen-bond acceptors (Lipinski definition) is 9. The highest BCUT2D eigenvalue weighted by atomic mass is 32.1. The van der Waals surface area contributed by atoms with Crippen molar-refractivity contribution in [2.75, 3.05) is 10.6 Å². The first-order valence-corrected chi connectivity index (χ1v) is 11.5. The number of hydrogen-bond donors (Lipinski definition) is 2. The number of amides is 2. The highest BCUT2D eigenvalue weighted by molar-refractivity contribution is 7.16. The molecule has 4 heterocycles. The van der Waals surface area contributed by atoms with E-state index < -0.39 is 35.2 Å². The molecule has 0 aliphatic rings. The largest absolute Gasteiger partial charge is 0.443 e. The molecule has 198 valence electrons. The molecular formula is C22H18F4N8O3S. The van der Waals surface area contributed by atoms with Gasteiger partial charge < -0.3 is 10.1 Å². The topological polar surface area (TPSA) is 137 Å². The van der Waals surface area contributed by atoms with Crippen LogP contribution in [0.4, 0.5) is 33.2 Å². The Kier molecular flexibility index (Phi) is 7.34. The minimum absolute atomic E-state index is 0.0520. The molecule has 38 heavy (non-hydrogen) atoms. The molecule has 0 aliphatic heterocycles. The van der Waals surface area contributed by atoms with E-state index in [0.717, 1.165) is 6.20 Å². The summed E-state index contributed by atoms with van der Waals surface area (Å²) in [5.41, 5.74) is 1.22. The zero-order valence-corrected chi connectivity index (χ0v) is 20.7. The number of carbonyl (C=O) groups is 2. The van der Waals surface area contributed by atoms with Gasteiger partial charge in [-0.15, -0.1) is 5.10 Å². The number of halogens is 4. The predicted molar refractivity (Wildman–Crippen MR) is 127 cm³/mol. The van der Waals surface area contributed by atoms with Crippen molar-refractivity contribution in [1.29, 1.82) is 0 Å². The Morgan fingerprint density at radius 1 is 1.11 bits per heavy atom. The van der Waals surface area contributed by atoms with Crippen molar-refractivity contribution in [1.82, 2.24) is 29.9 Å². The van der Waals surface area contributed by atoms with Gasteiger partial charge in [-0.2, -0.15) is 17.6 Å². The lowest BCUT2D eigenvalue weighted by Crippen LogP contribution is -2.19. The van der Waals surface area contributed by atoms with Crippen molar-refractivity contribution in [3.8, 4) is 11.4 Å². The first kappa shape index (κ1) is 26.6. The zero-order valence-electron chi connectivity index (χ0n) is 19.9. The van der Waals surface area contributed by atoms with Crippen molar-refractivity contribution >= 4 is 34.2 Å². The van der Waals surface area contributed by atoms with Crippen LogP contribution in [-0.4, -0.2) is 41.9 Å². The van der Waals surface area contributed by atoms with Gasteiger partial charge in [-0.25, -0.2) is 19.4 Å². The van der Waals surface area contributed by atoms with E-state index in [4.69, 9.17) is 4.74 Å². The molecule has 0 spiro atoms. The molecule has 0 saturated carbocycles. The van der Waals surface area contributed by atoms with Crippen molar-refractivity contribution in [2.45, 2.75) is 26.1 Å². The number of aryl methyl sites for hydroxylation is 2. The third kappa shape index (κ3) is 5.91. The summed E-state index contributed by atoms with van der Waals surface area (Å²) < 4.78 is 58.7. The third-order valence-electron chi connectivity index (χ3n) is 5.03. The SMILES string of the molecule is Cc1cnc(F)c([C@@H](C)OC(=O)Nc2c(-c3ccc(C(=O)Nc4cnc(C(F)(F)F)s4)cn3)nnn2C)c1. The van der Waals surface area contributed by atoms with Gasteiger partial charge in [0.05, 0.1) is 17.5 Å². The maximum atomic E-state index is 14.0. The molecule has 4 rings (SSSR count). The lowest BCUT2D eigenvalue weighted by Gasteiger charge is -2.15. The van der Waals surface area contributed by atoms with Crippen LogP contribution in [0, 0.1) is 12.9 Å². The summed E-state index contributed by atoms with van der Waals surface area (Å²) in [6.45, 7) is 3.21. The van der Waals surface area contributed by atoms with E-state index in [1.807, 2.05) is 0 Å². The number of rotatable bonds is 6. The minimum atomic E-state index is -4.61. The number of alkyl halides is 3. The number of anilines is 2. The molecule has 0 aromatic carbocycles. The van der Waals surface area contributed by atoms with Crippen LogP contribution >= 0.6 is 11.3 Å². The molecule has 1 atom stereocenters. The second-order valence-corrected chi connectivity index (χ2v) is 8.92. The monoisotopic (exact) mass is 550 g/mol. The van der Waals surface area contributed by atoms with Crippen molar-refractivity contribution in [3.63, 3.8) is 0 Å². The van der Waals surface area contributed by atoms with Crippen LogP contribution in [0.2, 0.25) is 0 Å². The van der Waals surface area contributed by atoms with E-state index in [0.29, 0.717) is 16.9 Å². The fourth-order valence-corrected chi connectivity index (χ4v) is 3.87. The summed E-state index contributed by atoms with van der Waals surface area (Å²) >= 11 is 0.291. The number of aromatic nitrogens is 6. The summed E-state index contributed by atoms with van der Waals surface area (Å²) in [5.74, 6) is -1.35. The van der Waals surface area contributed by atoms with Crippen LogP contribution < -0.4 is 10.6 Å². The Morgan fingerprint density at radius 3 is 2.53 bits per heavy atom. The standard InChI is InChI=1S/C22H18F4N8O3S/c1-10-6-13(17(23)28-7-10)11(2)37-21(36)31-18-16(32-33-34(18)3)14-5-4-12(8-27-14)19(35)30-15-9-29-20(38-15)22(24,25)26/h4-9,11H,1-3H3,(H,30,35)(H,31,36)/t11-/m1/s1. The fourth-order valence-electron chi connectivity index (χ4n) is 3.20. The number of carbonyl (C=O) groups excluding carboxylic acids is 2. The van der Waals surface area contributed by atoms with Crippen molar-refractivity contribution < 1.29 is 31.9 Å². The Balaban J connectivity index is 1.45. The number of thiazole rings is 1. The predicted octanol–water partition coefficient (Wildman–Crippen LogP) is 4.76. The highest BCUT2D eigenvalue weighted by Crippen LogP contribution is 2.34. The Hall–Kier alpha value is -4.47. The molecule has 0 radical (unpaired) electrons. The first-order valence-electron chi connectivity index (χ1n) is 10.7. The molecule has 0 aliphatic carbocycles.